The lowest BCUT2D eigenvalue weighted by Gasteiger charge is -2.02. The molecule has 0 aliphatic heterocycles. The second-order valence-electron chi connectivity index (χ2n) is 5.07. The van der Waals surface area contributed by atoms with Crippen molar-refractivity contribution in [1.29, 1.82) is 0 Å². The van der Waals surface area contributed by atoms with E-state index >= 15 is 0 Å². The molecular weight excluding hydrogens is 328 g/mol. The summed E-state index contributed by atoms with van der Waals surface area (Å²) < 4.78 is 1.63. The Morgan fingerprint density at radius 2 is 2.08 bits per heavy atom. The Balaban J connectivity index is 1.87. The van der Waals surface area contributed by atoms with Crippen molar-refractivity contribution >= 4 is 22.0 Å². The smallest absolute Gasteiger partial charge is 0.264 e. The monoisotopic (exact) mass is 338 g/mol. The van der Waals surface area contributed by atoms with Crippen LogP contribution >= 0.6 is 11.3 Å². The van der Waals surface area contributed by atoms with Crippen LogP contribution in [0.15, 0.2) is 42.7 Å². The molecule has 118 valence electrons. The van der Waals surface area contributed by atoms with E-state index in [0.717, 1.165) is 11.1 Å². The van der Waals surface area contributed by atoms with Gasteiger partial charge in [0.2, 0.25) is 4.96 Å². The quantitative estimate of drug-likeness (QED) is 0.420. The average molecular weight is 338 g/mol. The highest BCUT2D eigenvalue weighted by Gasteiger charge is 2.19. The number of pyridine rings is 1. The van der Waals surface area contributed by atoms with Crippen molar-refractivity contribution in [3.63, 3.8) is 0 Å². The maximum atomic E-state index is 11.1. The largest absolute Gasteiger partial charge is 0.273 e. The predicted molar refractivity (Wildman–Crippen MR) is 88.7 cm³/mol. The standard InChI is InChI=1S/C15H10N6O2S/c1-9-11(5-2-6-12(9)21(22)23)14-19-20-13(17-18-15(20)24-14)10-4-3-7-16-8-10/h2-8H,1H3. The molecule has 3 aromatic heterocycles. The summed E-state index contributed by atoms with van der Waals surface area (Å²) in [6.07, 6.45) is 3.37. The minimum Gasteiger partial charge on any atom is -0.264 e. The zero-order valence-corrected chi connectivity index (χ0v) is 13.3. The lowest BCUT2D eigenvalue weighted by Crippen LogP contribution is -1.95. The van der Waals surface area contributed by atoms with E-state index in [-0.39, 0.29) is 10.6 Å². The van der Waals surface area contributed by atoms with Crippen molar-refractivity contribution in [3.05, 3.63) is 58.4 Å². The fraction of sp³-hybridized carbons (Fsp3) is 0.0667. The Morgan fingerprint density at radius 1 is 1.21 bits per heavy atom. The molecule has 0 aliphatic carbocycles. The van der Waals surface area contributed by atoms with Gasteiger partial charge in [0, 0.05) is 35.2 Å². The summed E-state index contributed by atoms with van der Waals surface area (Å²) in [5.74, 6) is 0.587. The van der Waals surface area contributed by atoms with E-state index < -0.39 is 0 Å². The van der Waals surface area contributed by atoms with Gasteiger partial charge in [0.1, 0.15) is 5.01 Å². The molecule has 3 heterocycles. The Kier molecular flexibility index (Phi) is 3.28. The van der Waals surface area contributed by atoms with Gasteiger partial charge in [0.25, 0.3) is 5.69 Å². The second-order valence-corrected chi connectivity index (χ2v) is 6.03. The topological polar surface area (TPSA) is 99.1 Å². The minimum absolute atomic E-state index is 0.0750. The molecule has 0 amide bonds. The summed E-state index contributed by atoms with van der Waals surface area (Å²) >= 11 is 1.34. The van der Waals surface area contributed by atoms with Crippen molar-refractivity contribution in [3.8, 4) is 22.0 Å². The molecule has 0 unspecified atom stereocenters. The van der Waals surface area contributed by atoms with Crippen LogP contribution in [-0.4, -0.2) is 29.7 Å². The van der Waals surface area contributed by atoms with E-state index in [0.29, 0.717) is 21.4 Å². The molecule has 8 nitrogen and oxygen atoms in total. The zero-order valence-electron chi connectivity index (χ0n) is 12.4. The van der Waals surface area contributed by atoms with Crippen molar-refractivity contribution in [2.75, 3.05) is 0 Å². The third-order valence-electron chi connectivity index (χ3n) is 3.64. The van der Waals surface area contributed by atoms with E-state index in [1.165, 1.54) is 17.4 Å². The summed E-state index contributed by atoms with van der Waals surface area (Å²) in [5, 5.41) is 24.6. The van der Waals surface area contributed by atoms with Gasteiger partial charge in [-0.2, -0.15) is 9.61 Å². The fourth-order valence-electron chi connectivity index (χ4n) is 2.45. The molecule has 0 radical (unpaired) electrons. The Labute approximate surface area is 139 Å². The maximum Gasteiger partial charge on any atom is 0.273 e. The van der Waals surface area contributed by atoms with Crippen molar-refractivity contribution in [1.82, 2.24) is 24.8 Å². The van der Waals surface area contributed by atoms with Crippen LogP contribution in [0.5, 0.6) is 0 Å². The van der Waals surface area contributed by atoms with E-state index in [1.54, 1.807) is 29.9 Å². The lowest BCUT2D eigenvalue weighted by molar-refractivity contribution is -0.385. The molecule has 0 atom stereocenters. The van der Waals surface area contributed by atoms with Gasteiger partial charge in [-0.25, -0.2) is 0 Å². The first-order chi connectivity index (χ1) is 11.6. The number of hydrogen-bond donors (Lipinski definition) is 0. The highest BCUT2D eigenvalue weighted by atomic mass is 32.1. The molecule has 0 bridgehead atoms. The molecule has 0 fully saturated rings. The van der Waals surface area contributed by atoms with Crippen LogP contribution in [0.4, 0.5) is 5.69 Å². The van der Waals surface area contributed by atoms with Gasteiger partial charge in [0.15, 0.2) is 5.82 Å². The number of nitro groups is 1. The summed E-state index contributed by atoms with van der Waals surface area (Å²) in [4.78, 5) is 15.4. The third kappa shape index (κ3) is 2.22. The normalized spacial score (nSPS) is 11.0. The van der Waals surface area contributed by atoms with E-state index in [1.807, 2.05) is 18.2 Å². The summed E-state index contributed by atoms with van der Waals surface area (Å²) in [7, 11) is 0. The number of aromatic nitrogens is 5. The zero-order chi connectivity index (χ0) is 16.7. The van der Waals surface area contributed by atoms with Gasteiger partial charge < -0.3 is 0 Å². The van der Waals surface area contributed by atoms with Gasteiger partial charge in [-0.05, 0) is 19.1 Å². The summed E-state index contributed by atoms with van der Waals surface area (Å²) in [6.45, 7) is 1.72. The first-order valence-corrected chi connectivity index (χ1v) is 7.84. The molecule has 0 spiro atoms. The van der Waals surface area contributed by atoms with Gasteiger partial charge in [0.05, 0.1) is 4.92 Å². The van der Waals surface area contributed by atoms with Crippen LogP contribution in [0.3, 0.4) is 0 Å². The van der Waals surface area contributed by atoms with E-state index in [4.69, 9.17) is 0 Å². The van der Waals surface area contributed by atoms with Crippen molar-refractivity contribution in [2.45, 2.75) is 6.92 Å². The van der Waals surface area contributed by atoms with Gasteiger partial charge in [-0.1, -0.05) is 23.5 Å². The number of nitrogens with zero attached hydrogens (tertiary/aromatic N) is 6. The third-order valence-corrected chi connectivity index (χ3v) is 4.57. The number of nitro benzene ring substituents is 1. The van der Waals surface area contributed by atoms with Crippen LogP contribution in [0.2, 0.25) is 0 Å². The number of hydrogen-bond acceptors (Lipinski definition) is 7. The average Bonchev–Trinajstić information content (AvgIpc) is 3.16. The molecule has 0 saturated carbocycles. The van der Waals surface area contributed by atoms with Crippen LogP contribution in [-0.2, 0) is 0 Å². The molecule has 0 N–H and O–H groups in total. The van der Waals surface area contributed by atoms with Crippen LogP contribution < -0.4 is 0 Å². The molecular formula is C15H10N6O2S. The van der Waals surface area contributed by atoms with E-state index in [9.17, 15) is 10.1 Å². The van der Waals surface area contributed by atoms with Gasteiger partial charge in [-0.3, -0.25) is 15.1 Å². The first kappa shape index (κ1) is 14.4. The Morgan fingerprint density at radius 3 is 2.83 bits per heavy atom. The molecule has 0 aliphatic rings. The maximum absolute atomic E-state index is 11.1. The fourth-order valence-corrected chi connectivity index (χ4v) is 3.38. The highest BCUT2D eigenvalue weighted by molar-refractivity contribution is 7.19. The lowest BCUT2D eigenvalue weighted by atomic mass is 10.1. The van der Waals surface area contributed by atoms with Crippen LogP contribution in [0, 0.1) is 17.0 Å². The molecule has 1 aromatic carbocycles. The molecule has 24 heavy (non-hydrogen) atoms. The van der Waals surface area contributed by atoms with Crippen LogP contribution in [0.25, 0.3) is 26.9 Å². The molecule has 4 rings (SSSR count). The highest BCUT2D eigenvalue weighted by Crippen LogP contribution is 2.33. The number of rotatable bonds is 3. The van der Waals surface area contributed by atoms with Gasteiger partial charge in [-0.15, -0.1) is 10.2 Å². The van der Waals surface area contributed by atoms with Crippen molar-refractivity contribution < 1.29 is 4.92 Å². The van der Waals surface area contributed by atoms with Crippen molar-refractivity contribution in [2.24, 2.45) is 0 Å². The predicted octanol–water partition coefficient (Wildman–Crippen LogP) is 3.13. The molecule has 0 saturated heterocycles. The van der Waals surface area contributed by atoms with Gasteiger partial charge >= 0.3 is 0 Å². The Hall–Kier alpha value is -3.20. The Bertz CT molecular complexity index is 1060. The SMILES string of the molecule is Cc1c(-c2nn3c(-c4cccnc4)nnc3s2)cccc1[N+](=O)[O-]. The second kappa shape index (κ2) is 5.46. The first-order valence-electron chi connectivity index (χ1n) is 7.02. The minimum atomic E-state index is -0.389. The van der Waals surface area contributed by atoms with Crippen LogP contribution in [0.1, 0.15) is 5.56 Å². The van der Waals surface area contributed by atoms with E-state index in [2.05, 4.69) is 20.3 Å². The number of benzene rings is 1. The molecule has 9 heteroatoms. The molecule has 4 aromatic rings. The number of fused-ring (bicyclic) bond motifs is 1. The summed E-state index contributed by atoms with van der Waals surface area (Å²) in [6, 6.07) is 8.65. The summed E-state index contributed by atoms with van der Waals surface area (Å²) in [5.41, 5.74) is 2.18.